The quantitative estimate of drug-likeness (QED) is 0.410. The molecule has 0 saturated carbocycles. The second-order valence-electron chi connectivity index (χ2n) is 6.31. The zero-order valence-corrected chi connectivity index (χ0v) is 16.6. The highest BCUT2D eigenvalue weighted by molar-refractivity contribution is 7.07. The number of rotatable bonds is 6. The van der Waals surface area contributed by atoms with Gasteiger partial charge in [0.2, 0.25) is 0 Å². The summed E-state index contributed by atoms with van der Waals surface area (Å²) in [5.41, 5.74) is 2.80. The van der Waals surface area contributed by atoms with Crippen molar-refractivity contribution in [2.45, 2.75) is 19.5 Å². The van der Waals surface area contributed by atoms with Crippen LogP contribution in [-0.2, 0) is 13.1 Å². The van der Waals surface area contributed by atoms with E-state index in [1.165, 1.54) is 12.1 Å². The lowest BCUT2D eigenvalue weighted by atomic mass is 10.1. The molecule has 0 aliphatic heterocycles. The molecule has 0 aliphatic carbocycles. The fourth-order valence-electron chi connectivity index (χ4n) is 2.97. The van der Waals surface area contributed by atoms with Crippen molar-refractivity contribution in [2.24, 2.45) is 4.99 Å². The first-order valence-electron chi connectivity index (χ1n) is 8.89. The van der Waals surface area contributed by atoms with Crippen molar-refractivity contribution >= 4 is 28.6 Å². The average molecular weight is 413 g/mol. The van der Waals surface area contributed by atoms with Crippen LogP contribution in [0.25, 0.3) is 11.3 Å². The second kappa shape index (κ2) is 8.54. The smallest absolute Gasteiger partial charge is 0.190 e. The highest BCUT2D eigenvalue weighted by Gasteiger charge is 2.09. The maximum absolute atomic E-state index is 13.3. The Morgan fingerprint density at radius 2 is 1.96 bits per heavy atom. The molecule has 0 fully saturated rings. The van der Waals surface area contributed by atoms with E-state index in [2.05, 4.69) is 19.5 Å². The molecule has 0 spiro atoms. The molecule has 0 aliphatic rings. The molecule has 4 rings (SSSR count). The van der Waals surface area contributed by atoms with E-state index in [1.807, 2.05) is 36.8 Å². The van der Waals surface area contributed by atoms with Gasteiger partial charge in [-0.3, -0.25) is 0 Å². The number of halogens is 2. The molecule has 0 N–H and O–H groups in total. The van der Waals surface area contributed by atoms with Crippen LogP contribution in [0.4, 0.5) is 10.1 Å². The SMILES string of the molecule is Fc1ccc(-c2csc(=Nc3cccc(Cl)c3)n2CCCn2ccnc2)cc1. The van der Waals surface area contributed by atoms with Gasteiger partial charge >= 0.3 is 0 Å². The number of benzene rings is 2. The zero-order valence-electron chi connectivity index (χ0n) is 15.0. The Kier molecular flexibility index (Phi) is 5.69. The maximum Gasteiger partial charge on any atom is 0.190 e. The Morgan fingerprint density at radius 3 is 2.71 bits per heavy atom. The molecule has 0 unspecified atom stereocenters. The fraction of sp³-hybridized carbons (Fsp3) is 0.143. The predicted octanol–water partition coefficient (Wildman–Crippen LogP) is 5.53. The minimum Gasteiger partial charge on any atom is -0.337 e. The van der Waals surface area contributed by atoms with Crippen LogP contribution in [0.1, 0.15) is 6.42 Å². The molecule has 2 heterocycles. The predicted molar refractivity (Wildman–Crippen MR) is 111 cm³/mol. The van der Waals surface area contributed by atoms with Crippen molar-refractivity contribution < 1.29 is 4.39 Å². The monoisotopic (exact) mass is 412 g/mol. The van der Waals surface area contributed by atoms with Crippen molar-refractivity contribution in [1.82, 2.24) is 14.1 Å². The van der Waals surface area contributed by atoms with Crippen LogP contribution in [0.3, 0.4) is 0 Å². The first-order chi connectivity index (χ1) is 13.7. The van der Waals surface area contributed by atoms with Gasteiger partial charge < -0.3 is 9.13 Å². The summed E-state index contributed by atoms with van der Waals surface area (Å²) in [7, 11) is 0. The van der Waals surface area contributed by atoms with Crippen LogP contribution in [0.15, 0.2) is 77.6 Å². The van der Waals surface area contributed by atoms with Crippen LogP contribution in [0.5, 0.6) is 0 Å². The standard InChI is InChI=1S/C21H18ClFN4S/c22-17-3-1-4-19(13-17)25-21-27(11-2-10-26-12-9-24-15-26)20(14-28-21)16-5-7-18(23)8-6-16/h1,3-9,12-15H,2,10-11H2. The molecular weight excluding hydrogens is 395 g/mol. The third-order valence-corrected chi connectivity index (χ3v) is 5.43. The van der Waals surface area contributed by atoms with Crippen LogP contribution in [0.2, 0.25) is 5.02 Å². The summed E-state index contributed by atoms with van der Waals surface area (Å²) in [6.45, 7) is 1.65. The molecule has 2 aromatic carbocycles. The van der Waals surface area contributed by atoms with Crippen LogP contribution < -0.4 is 4.80 Å². The van der Waals surface area contributed by atoms with Gasteiger partial charge in [-0.05, 0) is 54.4 Å². The lowest BCUT2D eigenvalue weighted by molar-refractivity contribution is 0.559. The third kappa shape index (κ3) is 4.40. The lowest BCUT2D eigenvalue weighted by Gasteiger charge is -2.10. The normalized spacial score (nSPS) is 11.9. The third-order valence-electron chi connectivity index (χ3n) is 4.33. The van der Waals surface area contributed by atoms with Gasteiger partial charge in [0.05, 0.1) is 17.7 Å². The van der Waals surface area contributed by atoms with Crippen LogP contribution in [-0.4, -0.2) is 14.1 Å². The van der Waals surface area contributed by atoms with Crippen molar-refractivity contribution in [1.29, 1.82) is 0 Å². The summed E-state index contributed by atoms with van der Waals surface area (Å²) in [6, 6.07) is 14.1. The number of thiazole rings is 1. The maximum atomic E-state index is 13.3. The summed E-state index contributed by atoms with van der Waals surface area (Å²) in [6.07, 6.45) is 6.47. The Balaban J connectivity index is 1.69. The van der Waals surface area contributed by atoms with Gasteiger partial charge in [-0.25, -0.2) is 14.4 Å². The molecule has 7 heteroatoms. The number of nitrogens with zero attached hydrogens (tertiary/aromatic N) is 4. The molecular formula is C21H18ClFN4S. The number of hydrogen-bond donors (Lipinski definition) is 0. The minimum atomic E-state index is -0.241. The summed E-state index contributed by atoms with van der Waals surface area (Å²) >= 11 is 7.66. The number of aromatic nitrogens is 3. The fourth-order valence-corrected chi connectivity index (χ4v) is 4.11. The number of aryl methyl sites for hydroxylation is 1. The van der Waals surface area contributed by atoms with Crippen LogP contribution in [0, 0.1) is 5.82 Å². The van der Waals surface area contributed by atoms with Gasteiger partial charge in [-0.15, -0.1) is 11.3 Å². The summed E-state index contributed by atoms with van der Waals surface area (Å²) in [5.74, 6) is -0.241. The molecule has 4 aromatic rings. The van der Waals surface area contributed by atoms with Crippen LogP contribution >= 0.6 is 22.9 Å². The van der Waals surface area contributed by atoms with Gasteiger partial charge in [-0.2, -0.15) is 0 Å². The first-order valence-corrected chi connectivity index (χ1v) is 10.1. The Hall–Kier alpha value is -2.70. The van der Waals surface area contributed by atoms with Crippen molar-refractivity contribution in [2.75, 3.05) is 0 Å². The average Bonchev–Trinajstić information content (AvgIpc) is 3.33. The topological polar surface area (TPSA) is 35.1 Å². The Morgan fingerprint density at radius 1 is 1.11 bits per heavy atom. The van der Waals surface area contributed by atoms with E-state index < -0.39 is 0 Å². The number of hydrogen-bond acceptors (Lipinski definition) is 3. The van der Waals surface area contributed by atoms with E-state index in [0.29, 0.717) is 5.02 Å². The molecule has 0 amide bonds. The first kappa shape index (κ1) is 18.7. The molecule has 0 bridgehead atoms. The van der Waals surface area contributed by atoms with Gasteiger partial charge in [0.15, 0.2) is 4.80 Å². The molecule has 142 valence electrons. The van der Waals surface area contributed by atoms with E-state index in [0.717, 1.165) is 41.3 Å². The highest BCUT2D eigenvalue weighted by Crippen LogP contribution is 2.22. The van der Waals surface area contributed by atoms with E-state index in [1.54, 1.807) is 29.7 Å². The molecule has 2 aromatic heterocycles. The van der Waals surface area contributed by atoms with Gasteiger partial charge in [-0.1, -0.05) is 17.7 Å². The van der Waals surface area contributed by atoms with Gasteiger partial charge in [0.1, 0.15) is 5.82 Å². The zero-order chi connectivity index (χ0) is 19.3. The molecule has 0 atom stereocenters. The van der Waals surface area contributed by atoms with Crippen molar-refractivity contribution in [3.63, 3.8) is 0 Å². The van der Waals surface area contributed by atoms with Crippen molar-refractivity contribution in [3.05, 3.63) is 88.3 Å². The highest BCUT2D eigenvalue weighted by atomic mass is 35.5. The van der Waals surface area contributed by atoms with E-state index in [-0.39, 0.29) is 5.82 Å². The second-order valence-corrected chi connectivity index (χ2v) is 7.58. The number of imidazole rings is 1. The van der Waals surface area contributed by atoms with E-state index in [9.17, 15) is 4.39 Å². The molecule has 4 nitrogen and oxygen atoms in total. The largest absolute Gasteiger partial charge is 0.337 e. The van der Waals surface area contributed by atoms with Crippen molar-refractivity contribution in [3.8, 4) is 11.3 Å². The Bertz CT molecular complexity index is 1110. The van der Waals surface area contributed by atoms with Gasteiger partial charge in [0, 0.05) is 35.9 Å². The van der Waals surface area contributed by atoms with E-state index >= 15 is 0 Å². The Labute approximate surface area is 171 Å². The minimum absolute atomic E-state index is 0.241. The summed E-state index contributed by atoms with van der Waals surface area (Å²) in [5, 5.41) is 2.72. The lowest BCUT2D eigenvalue weighted by Crippen LogP contribution is -2.17. The summed E-state index contributed by atoms with van der Waals surface area (Å²) < 4.78 is 17.6. The molecule has 0 radical (unpaired) electrons. The molecule has 0 saturated heterocycles. The van der Waals surface area contributed by atoms with Gasteiger partial charge in [0.25, 0.3) is 0 Å². The molecule has 28 heavy (non-hydrogen) atoms. The van der Waals surface area contributed by atoms with E-state index in [4.69, 9.17) is 16.6 Å². The summed E-state index contributed by atoms with van der Waals surface area (Å²) in [4.78, 5) is 9.75.